The van der Waals surface area contributed by atoms with Crippen molar-refractivity contribution in [2.75, 3.05) is 48.5 Å². The number of fused-ring (bicyclic) bond motifs is 1. The van der Waals surface area contributed by atoms with Gasteiger partial charge in [0.1, 0.15) is 0 Å². The molecule has 9 nitrogen and oxygen atoms in total. The average Bonchev–Trinajstić information content (AvgIpc) is 3.40. The zero-order chi connectivity index (χ0) is 26.1. The van der Waals surface area contributed by atoms with E-state index in [2.05, 4.69) is 0 Å². The first-order valence-corrected chi connectivity index (χ1v) is 11.5. The summed E-state index contributed by atoms with van der Waals surface area (Å²) in [6.45, 7) is 0.792. The number of Topliss-reactive ketones (excluding diaryl/α,β-unsaturated/α-hetero) is 1. The third-order valence-electron chi connectivity index (χ3n) is 6.05. The predicted molar refractivity (Wildman–Crippen MR) is 134 cm³/mol. The summed E-state index contributed by atoms with van der Waals surface area (Å²) < 4.78 is 21.9. The van der Waals surface area contributed by atoms with Gasteiger partial charge in [-0.25, -0.2) is 0 Å². The molecular formula is C26H27ClN2O7. The van der Waals surface area contributed by atoms with Gasteiger partial charge in [0.2, 0.25) is 5.78 Å². The number of hydrogen-bond acceptors (Lipinski definition) is 8. The van der Waals surface area contributed by atoms with Gasteiger partial charge in [0, 0.05) is 29.6 Å². The molecule has 1 amide bonds. The number of furan rings is 1. The van der Waals surface area contributed by atoms with Crippen LogP contribution in [0.1, 0.15) is 22.2 Å². The Labute approximate surface area is 213 Å². The highest BCUT2D eigenvalue weighted by molar-refractivity contribution is 6.31. The van der Waals surface area contributed by atoms with Crippen molar-refractivity contribution >= 4 is 34.3 Å². The molecule has 1 N–H and O–H groups in total. The third kappa shape index (κ3) is 4.47. The first-order valence-electron chi connectivity index (χ1n) is 11.1. The van der Waals surface area contributed by atoms with Crippen LogP contribution in [0.15, 0.2) is 52.1 Å². The molecule has 10 heteroatoms. The molecule has 190 valence electrons. The van der Waals surface area contributed by atoms with Crippen molar-refractivity contribution in [3.8, 4) is 17.2 Å². The SMILES string of the molecule is COc1ccc(C2C(C(=O)c3cc4cc(Cl)cc(OC)c4o3)=C(O)C(=O)N2CCN(C)C)cc1OC. The highest BCUT2D eigenvalue weighted by Gasteiger charge is 2.44. The molecule has 4 rings (SSSR count). The van der Waals surface area contributed by atoms with Crippen molar-refractivity contribution in [1.29, 1.82) is 0 Å². The maximum Gasteiger partial charge on any atom is 0.290 e. The molecule has 1 unspecified atom stereocenters. The molecule has 1 aliphatic rings. The van der Waals surface area contributed by atoms with Gasteiger partial charge in [-0.05, 0) is 43.9 Å². The molecule has 0 bridgehead atoms. The summed E-state index contributed by atoms with van der Waals surface area (Å²) in [4.78, 5) is 30.3. The molecule has 0 aliphatic carbocycles. The maximum absolute atomic E-state index is 13.8. The molecule has 0 saturated heterocycles. The van der Waals surface area contributed by atoms with Crippen LogP contribution in [0, 0.1) is 0 Å². The van der Waals surface area contributed by atoms with Crippen LogP contribution in [0.2, 0.25) is 5.02 Å². The van der Waals surface area contributed by atoms with Gasteiger partial charge >= 0.3 is 0 Å². The summed E-state index contributed by atoms with van der Waals surface area (Å²) in [5, 5.41) is 11.9. The van der Waals surface area contributed by atoms with Crippen molar-refractivity contribution in [1.82, 2.24) is 9.80 Å². The van der Waals surface area contributed by atoms with Crippen molar-refractivity contribution < 1.29 is 33.3 Å². The number of methoxy groups -OCH3 is 3. The number of halogens is 1. The summed E-state index contributed by atoms with van der Waals surface area (Å²) in [5.41, 5.74) is 0.820. The number of ketones is 1. The van der Waals surface area contributed by atoms with E-state index in [0.717, 1.165) is 0 Å². The topological polar surface area (TPSA) is 102 Å². The lowest BCUT2D eigenvalue weighted by molar-refractivity contribution is -0.129. The van der Waals surface area contributed by atoms with E-state index in [1.165, 1.54) is 32.3 Å². The fourth-order valence-corrected chi connectivity index (χ4v) is 4.49. The van der Waals surface area contributed by atoms with Crippen LogP contribution in [0.4, 0.5) is 0 Å². The van der Waals surface area contributed by atoms with E-state index in [0.29, 0.717) is 45.3 Å². The number of rotatable bonds is 9. The second-order valence-electron chi connectivity index (χ2n) is 8.55. The molecule has 2 heterocycles. The highest BCUT2D eigenvalue weighted by atomic mass is 35.5. The van der Waals surface area contributed by atoms with Crippen LogP contribution < -0.4 is 14.2 Å². The van der Waals surface area contributed by atoms with E-state index in [1.807, 2.05) is 19.0 Å². The minimum atomic E-state index is -0.872. The van der Waals surface area contributed by atoms with E-state index in [9.17, 15) is 14.7 Å². The summed E-state index contributed by atoms with van der Waals surface area (Å²) in [6, 6.07) is 8.97. The molecule has 0 radical (unpaired) electrons. The number of aliphatic hydroxyl groups is 1. The standard InChI is InChI=1S/C26H27ClN2O7/c1-28(2)8-9-29-22(14-6-7-17(33-3)18(11-14)34-4)21(24(31)26(29)32)23(30)19-12-15-10-16(27)13-20(35-5)25(15)36-19/h6-7,10-13,22,31H,8-9H2,1-5H3. The fourth-order valence-electron chi connectivity index (χ4n) is 4.28. The molecule has 3 aromatic rings. The molecule has 0 saturated carbocycles. The smallest absolute Gasteiger partial charge is 0.290 e. The van der Waals surface area contributed by atoms with Gasteiger partial charge in [0.05, 0.1) is 32.9 Å². The van der Waals surface area contributed by atoms with E-state index in [1.54, 1.807) is 30.3 Å². The van der Waals surface area contributed by atoms with Crippen molar-refractivity contribution in [3.05, 3.63) is 64.1 Å². The number of aliphatic hydroxyl groups excluding tert-OH is 1. The Hall–Kier alpha value is -3.69. The number of benzene rings is 2. The summed E-state index contributed by atoms with van der Waals surface area (Å²) in [5.74, 6) is -0.659. The van der Waals surface area contributed by atoms with E-state index >= 15 is 0 Å². The number of carbonyl (C=O) groups excluding carboxylic acids is 2. The number of likely N-dealkylation sites (N-methyl/N-ethyl adjacent to an activating group) is 1. The average molecular weight is 515 g/mol. The Morgan fingerprint density at radius 2 is 1.75 bits per heavy atom. The molecule has 2 aromatic carbocycles. The highest BCUT2D eigenvalue weighted by Crippen LogP contribution is 2.42. The number of amides is 1. The lowest BCUT2D eigenvalue weighted by Crippen LogP contribution is -2.36. The van der Waals surface area contributed by atoms with Gasteiger partial charge in [0.25, 0.3) is 5.91 Å². The monoisotopic (exact) mass is 514 g/mol. The van der Waals surface area contributed by atoms with Gasteiger partial charge < -0.3 is 33.5 Å². The second kappa shape index (κ2) is 10.1. The lowest BCUT2D eigenvalue weighted by atomic mass is 9.94. The predicted octanol–water partition coefficient (Wildman–Crippen LogP) is 4.25. The first-order chi connectivity index (χ1) is 17.2. The van der Waals surface area contributed by atoms with Gasteiger partial charge in [-0.15, -0.1) is 0 Å². The van der Waals surface area contributed by atoms with Crippen LogP contribution in [-0.2, 0) is 4.79 Å². The molecule has 1 atom stereocenters. The number of carbonyl (C=O) groups is 2. The number of ether oxygens (including phenoxy) is 3. The summed E-state index contributed by atoms with van der Waals surface area (Å²) in [7, 11) is 8.23. The van der Waals surface area contributed by atoms with E-state index in [-0.39, 0.29) is 17.9 Å². The Kier molecular flexibility index (Phi) is 7.14. The van der Waals surface area contributed by atoms with Gasteiger partial charge in [-0.2, -0.15) is 0 Å². The molecule has 0 fully saturated rings. The van der Waals surface area contributed by atoms with Crippen molar-refractivity contribution in [2.24, 2.45) is 0 Å². The maximum atomic E-state index is 13.8. The third-order valence-corrected chi connectivity index (χ3v) is 6.27. The van der Waals surface area contributed by atoms with Crippen molar-refractivity contribution in [2.45, 2.75) is 6.04 Å². The lowest BCUT2D eigenvalue weighted by Gasteiger charge is -2.28. The molecule has 1 aromatic heterocycles. The van der Waals surface area contributed by atoms with Gasteiger partial charge in [-0.1, -0.05) is 17.7 Å². The van der Waals surface area contributed by atoms with Crippen LogP contribution in [0.25, 0.3) is 11.0 Å². The van der Waals surface area contributed by atoms with Crippen LogP contribution in [0.5, 0.6) is 17.2 Å². The second-order valence-corrected chi connectivity index (χ2v) is 8.98. The normalized spacial score (nSPS) is 15.8. The van der Waals surface area contributed by atoms with Gasteiger partial charge in [0.15, 0.2) is 34.4 Å². The van der Waals surface area contributed by atoms with Crippen LogP contribution in [0.3, 0.4) is 0 Å². The minimum Gasteiger partial charge on any atom is -0.503 e. The molecule has 1 aliphatic heterocycles. The Morgan fingerprint density at radius 3 is 2.39 bits per heavy atom. The summed E-state index contributed by atoms with van der Waals surface area (Å²) in [6.07, 6.45) is 0. The van der Waals surface area contributed by atoms with Gasteiger partial charge in [-0.3, -0.25) is 9.59 Å². The number of nitrogens with zero attached hydrogens (tertiary/aromatic N) is 2. The largest absolute Gasteiger partial charge is 0.503 e. The molecule has 36 heavy (non-hydrogen) atoms. The fraction of sp³-hybridized carbons (Fsp3) is 0.308. The number of hydrogen-bond donors (Lipinski definition) is 1. The summed E-state index contributed by atoms with van der Waals surface area (Å²) >= 11 is 6.16. The minimum absolute atomic E-state index is 0.0557. The van der Waals surface area contributed by atoms with E-state index in [4.69, 9.17) is 30.2 Å². The van der Waals surface area contributed by atoms with Crippen molar-refractivity contribution in [3.63, 3.8) is 0 Å². The zero-order valence-corrected chi connectivity index (χ0v) is 21.4. The first kappa shape index (κ1) is 25.4. The van der Waals surface area contributed by atoms with E-state index < -0.39 is 23.5 Å². The Balaban J connectivity index is 1.84. The Morgan fingerprint density at radius 1 is 1.06 bits per heavy atom. The van der Waals surface area contributed by atoms with Crippen LogP contribution in [-0.4, -0.2) is 75.1 Å². The van der Waals surface area contributed by atoms with Crippen LogP contribution >= 0.6 is 11.6 Å². The Bertz CT molecular complexity index is 1360. The quantitative estimate of drug-likeness (QED) is 0.423. The molecule has 0 spiro atoms. The zero-order valence-electron chi connectivity index (χ0n) is 20.6. The molecular weight excluding hydrogens is 488 g/mol.